The highest BCUT2D eigenvalue weighted by Crippen LogP contribution is 2.01. The summed E-state index contributed by atoms with van der Waals surface area (Å²) < 4.78 is 0. The zero-order valence-electron chi connectivity index (χ0n) is 6.16. The fourth-order valence-corrected chi connectivity index (χ4v) is 0.857. The Balaban J connectivity index is 0.000001000. The van der Waals surface area contributed by atoms with Gasteiger partial charge in [0, 0.05) is 19.4 Å². The zero-order chi connectivity index (χ0) is 7.56. The Bertz CT molecular complexity index is 172. The Morgan fingerprint density at radius 1 is 1.64 bits per heavy atom. The third-order valence-corrected chi connectivity index (χ3v) is 1.27. The standard InChI is InChI=1S/C6H10N2O2.Br/c1-7-2-3-8(5-7)4-6(9)10;/h2-3H,4-5H2,1H3,(H,9,10);/q;+1/p-1. The van der Waals surface area contributed by atoms with Gasteiger partial charge in [-0.25, -0.2) is 0 Å². The predicted octanol–water partition coefficient (Wildman–Crippen LogP) is -1.59. The number of carbonyl (C=O) groups is 1. The van der Waals surface area contributed by atoms with Crippen LogP contribution in [0.1, 0.15) is 0 Å². The second-order valence-electron chi connectivity index (χ2n) is 2.32. The molecule has 0 aromatic heterocycles. The molecule has 0 saturated carbocycles. The van der Waals surface area contributed by atoms with Gasteiger partial charge in [0.25, 0.3) is 0 Å². The van der Waals surface area contributed by atoms with Crippen molar-refractivity contribution >= 4 is 5.97 Å². The van der Waals surface area contributed by atoms with Gasteiger partial charge in [-0.2, -0.15) is 0 Å². The van der Waals surface area contributed by atoms with E-state index < -0.39 is 5.97 Å². The van der Waals surface area contributed by atoms with Crippen LogP contribution < -0.4 is 5.11 Å². The van der Waals surface area contributed by atoms with Gasteiger partial charge in [-0.15, -0.1) is 0 Å². The number of hydrogen-bond donors (Lipinski definition) is 0. The minimum Gasteiger partial charge on any atom is -0.548 e. The maximum absolute atomic E-state index is 10.1. The molecule has 0 amide bonds. The fourth-order valence-electron chi connectivity index (χ4n) is 0.857. The molecular formula is C6H9BrN2O2. The predicted molar refractivity (Wildman–Crippen MR) is 33.5 cm³/mol. The molecule has 4 nitrogen and oxygen atoms in total. The molecule has 0 atom stereocenters. The maximum Gasteiger partial charge on any atom is 1.00 e. The molecule has 11 heavy (non-hydrogen) atoms. The monoisotopic (exact) mass is 220 g/mol. The molecule has 1 heterocycles. The van der Waals surface area contributed by atoms with Crippen LogP contribution in [0.15, 0.2) is 12.4 Å². The highest BCUT2D eigenvalue weighted by Gasteiger charge is 2.06. The number of carboxylic acids is 1. The van der Waals surface area contributed by atoms with Crippen LogP contribution in [0.4, 0.5) is 0 Å². The lowest BCUT2D eigenvalue weighted by Crippen LogP contribution is -2.36. The zero-order valence-corrected chi connectivity index (χ0v) is 7.74. The van der Waals surface area contributed by atoms with E-state index >= 15 is 0 Å². The molecule has 0 spiro atoms. The summed E-state index contributed by atoms with van der Waals surface area (Å²) in [6.45, 7) is 0.606. The molecule has 0 aromatic rings. The van der Waals surface area contributed by atoms with Gasteiger partial charge < -0.3 is 19.7 Å². The Labute approximate surface area is 75.9 Å². The second kappa shape index (κ2) is 4.23. The SMILES string of the molecule is CN1C=CN(CC(=O)[O-])C1.[Br+]. The van der Waals surface area contributed by atoms with Crippen LogP contribution in [0.3, 0.4) is 0 Å². The third-order valence-electron chi connectivity index (χ3n) is 1.27. The van der Waals surface area contributed by atoms with Gasteiger partial charge in [0.15, 0.2) is 0 Å². The van der Waals surface area contributed by atoms with Crippen LogP contribution in [-0.4, -0.2) is 36.0 Å². The summed E-state index contributed by atoms with van der Waals surface area (Å²) in [6.07, 6.45) is 3.55. The number of rotatable bonds is 2. The van der Waals surface area contributed by atoms with E-state index in [0.717, 1.165) is 0 Å². The molecule has 5 heteroatoms. The van der Waals surface area contributed by atoms with Gasteiger partial charge in [0.05, 0.1) is 19.2 Å². The smallest absolute Gasteiger partial charge is 0.548 e. The number of carbonyl (C=O) groups excluding carboxylic acids is 1. The molecule has 0 N–H and O–H groups in total. The molecular weight excluding hydrogens is 212 g/mol. The topological polar surface area (TPSA) is 46.6 Å². The van der Waals surface area contributed by atoms with Crippen molar-refractivity contribution in [3.8, 4) is 0 Å². The number of halogens is 1. The summed E-state index contributed by atoms with van der Waals surface area (Å²) in [6, 6.07) is 0. The summed E-state index contributed by atoms with van der Waals surface area (Å²) in [5.74, 6) is -1.04. The van der Waals surface area contributed by atoms with Crippen molar-refractivity contribution in [3.05, 3.63) is 12.4 Å². The van der Waals surface area contributed by atoms with E-state index in [4.69, 9.17) is 0 Å². The summed E-state index contributed by atoms with van der Waals surface area (Å²) in [5.41, 5.74) is 0. The minimum absolute atomic E-state index is 0. The number of nitrogens with zero attached hydrogens (tertiary/aromatic N) is 2. The van der Waals surface area contributed by atoms with Crippen molar-refractivity contribution in [2.24, 2.45) is 0 Å². The van der Waals surface area contributed by atoms with Gasteiger partial charge in [-0.1, -0.05) is 0 Å². The fraction of sp³-hybridized carbons (Fsp3) is 0.500. The summed E-state index contributed by atoms with van der Waals surface area (Å²) >= 11 is 0. The lowest BCUT2D eigenvalue weighted by atomic mass is 10.6. The number of carboxylic acid groups (broad SMARTS) is 1. The van der Waals surface area contributed by atoms with Gasteiger partial charge in [-0.3, -0.25) is 0 Å². The molecule has 0 unspecified atom stereocenters. The molecule has 0 saturated heterocycles. The van der Waals surface area contributed by atoms with E-state index in [1.54, 1.807) is 11.1 Å². The first-order valence-corrected chi connectivity index (χ1v) is 3.01. The van der Waals surface area contributed by atoms with Gasteiger partial charge in [0.2, 0.25) is 0 Å². The van der Waals surface area contributed by atoms with Gasteiger partial charge >= 0.3 is 17.0 Å². The van der Waals surface area contributed by atoms with E-state index in [9.17, 15) is 9.90 Å². The molecule has 0 fully saturated rings. The van der Waals surface area contributed by atoms with Crippen LogP contribution in [-0.2, 0) is 4.79 Å². The molecule has 0 aliphatic carbocycles. The molecule has 1 aliphatic rings. The second-order valence-corrected chi connectivity index (χ2v) is 2.32. The number of hydrogen-bond acceptors (Lipinski definition) is 4. The average Bonchev–Trinajstić information content (AvgIpc) is 2.13. The van der Waals surface area contributed by atoms with Crippen LogP contribution >= 0.6 is 0 Å². The summed E-state index contributed by atoms with van der Waals surface area (Å²) in [4.78, 5) is 13.6. The Kier molecular flexibility index (Phi) is 3.95. The van der Waals surface area contributed by atoms with E-state index in [-0.39, 0.29) is 23.5 Å². The van der Waals surface area contributed by atoms with Crippen LogP contribution in [0.5, 0.6) is 0 Å². The quantitative estimate of drug-likeness (QED) is 0.564. The highest BCUT2D eigenvalue weighted by molar-refractivity contribution is 5.66. The first kappa shape index (κ1) is 10.3. The maximum atomic E-state index is 10.1. The molecule has 0 aromatic carbocycles. The molecule has 0 bridgehead atoms. The van der Waals surface area contributed by atoms with Gasteiger partial charge in [-0.05, 0) is 0 Å². The van der Waals surface area contributed by atoms with Crippen molar-refractivity contribution < 1.29 is 26.9 Å². The summed E-state index contributed by atoms with van der Waals surface area (Å²) in [7, 11) is 1.88. The average molecular weight is 221 g/mol. The number of aliphatic carboxylic acids is 1. The van der Waals surface area contributed by atoms with Crippen LogP contribution in [0.2, 0.25) is 0 Å². The lowest BCUT2D eigenvalue weighted by molar-refractivity contribution is -0.305. The Hall–Kier alpha value is -0.710. The summed E-state index contributed by atoms with van der Waals surface area (Å²) in [5, 5.41) is 10.1. The van der Waals surface area contributed by atoms with Crippen molar-refractivity contribution in [3.63, 3.8) is 0 Å². The molecule has 62 valence electrons. The Morgan fingerprint density at radius 2 is 2.27 bits per heavy atom. The van der Waals surface area contributed by atoms with Crippen molar-refractivity contribution in [1.82, 2.24) is 9.80 Å². The van der Waals surface area contributed by atoms with E-state index in [1.807, 2.05) is 18.1 Å². The van der Waals surface area contributed by atoms with Crippen molar-refractivity contribution in [2.75, 3.05) is 20.3 Å². The van der Waals surface area contributed by atoms with Crippen LogP contribution in [0.25, 0.3) is 0 Å². The van der Waals surface area contributed by atoms with Crippen molar-refractivity contribution in [1.29, 1.82) is 0 Å². The van der Waals surface area contributed by atoms with Crippen LogP contribution in [0, 0.1) is 17.0 Å². The molecule has 1 aliphatic heterocycles. The normalized spacial score (nSPS) is 15.0. The first-order valence-electron chi connectivity index (χ1n) is 3.01. The molecule has 2 radical (unpaired) electrons. The minimum atomic E-state index is -1.04. The van der Waals surface area contributed by atoms with E-state index in [1.165, 1.54) is 0 Å². The van der Waals surface area contributed by atoms with E-state index in [0.29, 0.717) is 6.67 Å². The first-order chi connectivity index (χ1) is 4.68. The van der Waals surface area contributed by atoms with Gasteiger partial charge in [0.1, 0.15) is 0 Å². The molecule has 1 rings (SSSR count). The van der Waals surface area contributed by atoms with Crippen molar-refractivity contribution in [2.45, 2.75) is 0 Å². The largest absolute Gasteiger partial charge is 1.00 e. The lowest BCUT2D eigenvalue weighted by Gasteiger charge is -2.17. The Morgan fingerprint density at radius 3 is 2.64 bits per heavy atom. The highest BCUT2D eigenvalue weighted by atomic mass is 79.9. The third kappa shape index (κ3) is 3.27. The van der Waals surface area contributed by atoms with E-state index in [2.05, 4.69) is 0 Å².